The molecule has 0 amide bonds. The maximum atomic E-state index is 13.1. The molecule has 0 bridgehead atoms. The number of aryl methyl sites for hydroxylation is 1. The molecule has 0 aliphatic heterocycles. The summed E-state index contributed by atoms with van der Waals surface area (Å²) in [7, 11) is 0. The van der Waals surface area contributed by atoms with Crippen LogP contribution in [0.5, 0.6) is 0 Å². The number of H-pyrrole nitrogens is 1. The van der Waals surface area contributed by atoms with Crippen molar-refractivity contribution >= 4 is 28.0 Å². The summed E-state index contributed by atoms with van der Waals surface area (Å²) in [5.41, 5.74) is 3.68. The summed E-state index contributed by atoms with van der Waals surface area (Å²) in [4.78, 5) is 36.2. The van der Waals surface area contributed by atoms with Crippen LogP contribution < -0.4 is 5.69 Å². The number of pyridine rings is 1. The Labute approximate surface area is 202 Å². The third-order valence-corrected chi connectivity index (χ3v) is 6.62. The number of aromatic amines is 1. The van der Waals surface area contributed by atoms with Gasteiger partial charge in [-0.3, -0.25) is 14.3 Å². The highest BCUT2D eigenvalue weighted by Crippen LogP contribution is 2.44. The van der Waals surface area contributed by atoms with Gasteiger partial charge in [0.15, 0.2) is 0 Å². The van der Waals surface area contributed by atoms with Crippen molar-refractivity contribution in [2.75, 3.05) is 6.61 Å². The highest BCUT2D eigenvalue weighted by atomic mass is 16.5. The number of carbonyl (C=O) groups excluding carboxylic acids is 1. The maximum absolute atomic E-state index is 13.1. The van der Waals surface area contributed by atoms with Crippen LogP contribution in [0.2, 0.25) is 0 Å². The zero-order valence-electron chi connectivity index (χ0n) is 19.7. The van der Waals surface area contributed by atoms with Gasteiger partial charge in [0.25, 0.3) is 0 Å². The Balaban J connectivity index is 1.49. The minimum absolute atomic E-state index is 0.160. The number of hydrogen-bond donors (Lipinski definition) is 1. The van der Waals surface area contributed by atoms with Gasteiger partial charge in [0, 0.05) is 19.7 Å². The molecule has 180 valence electrons. The van der Waals surface area contributed by atoms with Gasteiger partial charge in [-0.2, -0.15) is 5.26 Å². The summed E-state index contributed by atoms with van der Waals surface area (Å²) in [5.74, 6) is 0.927. The standard InChI is InChI=1S/C26H28N6O3/c1-17(33)35-13-5-3-2-4-12-31-22-9-6-18(15-27)14-21(22)29-25(31)24(19-7-8-19)32-23-16-28-11-10-20(23)30-26(32)34/h6,9-11,14,16,19,24H,2-5,7-8,12-13H2,1H3,(H,30,34). The number of carbonyl (C=O) groups is 1. The topological polar surface area (TPSA) is 119 Å². The molecule has 1 aliphatic rings. The van der Waals surface area contributed by atoms with Crippen LogP contribution in [-0.2, 0) is 16.1 Å². The van der Waals surface area contributed by atoms with Crippen molar-refractivity contribution in [3.05, 3.63) is 58.5 Å². The molecule has 9 heteroatoms. The minimum atomic E-state index is -0.245. The SMILES string of the molecule is CC(=O)OCCCCCCn1c(C(C2CC2)n2c(=O)[nH]c3ccncc32)nc2cc(C#N)ccc21. The first kappa shape index (κ1) is 22.8. The van der Waals surface area contributed by atoms with E-state index in [-0.39, 0.29) is 17.7 Å². The van der Waals surface area contributed by atoms with E-state index in [1.807, 2.05) is 28.8 Å². The zero-order valence-corrected chi connectivity index (χ0v) is 19.7. The Hall–Kier alpha value is -3.93. The third kappa shape index (κ3) is 4.69. The summed E-state index contributed by atoms with van der Waals surface area (Å²) < 4.78 is 9.05. The Kier molecular flexibility index (Phi) is 6.36. The molecule has 1 atom stereocenters. The molecule has 0 spiro atoms. The largest absolute Gasteiger partial charge is 0.466 e. The molecule has 4 aromatic rings. The van der Waals surface area contributed by atoms with Crippen LogP contribution >= 0.6 is 0 Å². The second-order valence-corrected chi connectivity index (χ2v) is 9.17. The average Bonchev–Trinajstić information content (AvgIpc) is 3.55. The highest BCUT2D eigenvalue weighted by Gasteiger charge is 2.38. The van der Waals surface area contributed by atoms with E-state index in [0.29, 0.717) is 18.1 Å². The Morgan fingerprint density at radius 3 is 2.83 bits per heavy atom. The van der Waals surface area contributed by atoms with Crippen LogP contribution in [0, 0.1) is 17.2 Å². The molecule has 1 unspecified atom stereocenters. The van der Waals surface area contributed by atoms with E-state index in [4.69, 9.17) is 9.72 Å². The van der Waals surface area contributed by atoms with Crippen molar-refractivity contribution in [2.24, 2.45) is 5.92 Å². The van der Waals surface area contributed by atoms with E-state index >= 15 is 0 Å². The van der Waals surface area contributed by atoms with Crippen LogP contribution in [-0.4, -0.2) is 36.7 Å². The number of fused-ring (bicyclic) bond motifs is 2. The van der Waals surface area contributed by atoms with Gasteiger partial charge in [0.2, 0.25) is 0 Å². The maximum Gasteiger partial charge on any atom is 0.327 e. The van der Waals surface area contributed by atoms with Gasteiger partial charge in [-0.15, -0.1) is 0 Å². The number of aromatic nitrogens is 5. The second kappa shape index (κ2) is 9.74. The molecule has 35 heavy (non-hydrogen) atoms. The number of ether oxygens (including phenoxy) is 1. The van der Waals surface area contributed by atoms with Gasteiger partial charge in [-0.25, -0.2) is 9.78 Å². The normalized spacial score (nSPS) is 14.3. The molecule has 9 nitrogen and oxygen atoms in total. The van der Waals surface area contributed by atoms with Gasteiger partial charge >= 0.3 is 11.7 Å². The highest BCUT2D eigenvalue weighted by molar-refractivity contribution is 5.78. The van der Waals surface area contributed by atoms with Gasteiger partial charge in [-0.1, -0.05) is 6.42 Å². The van der Waals surface area contributed by atoms with Crippen molar-refractivity contribution in [2.45, 2.75) is 58.0 Å². The van der Waals surface area contributed by atoms with E-state index in [2.05, 4.69) is 20.6 Å². The quantitative estimate of drug-likeness (QED) is 0.275. The minimum Gasteiger partial charge on any atom is -0.466 e. The lowest BCUT2D eigenvalue weighted by atomic mass is 10.1. The second-order valence-electron chi connectivity index (χ2n) is 9.17. The van der Waals surface area contributed by atoms with Crippen molar-refractivity contribution in [1.82, 2.24) is 24.1 Å². The zero-order chi connectivity index (χ0) is 24.4. The predicted molar refractivity (Wildman–Crippen MR) is 131 cm³/mol. The fourth-order valence-corrected chi connectivity index (χ4v) is 4.81. The fourth-order valence-electron chi connectivity index (χ4n) is 4.81. The summed E-state index contributed by atoms with van der Waals surface area (Å²) >= 11 is 0. The first-order chi connectivity index (χ1) is 17.1. The Morgan fingerprint density at radius 1 is 1.23 bits per heavy atom. The van der Waals surface area contributed by atoms with Crippen molar-refractivity contribution in [3.63, 3.8) is 0 Å². The first-order valence-corrected chi connectivity index (χ1v) is 12.1. The van der Waals surface area contributed by atoms with Crippen molar-refractivity contribution in [1.29, 1.82) is 5.26 Å². The lowest BCUT2D eigenvalue weighted by Crippen LogP contribution is -2.27. The molecule has 1 aromatic carbocycles. The van der Waals surface area contributed by atoms with Crippen LogP contribution in [0.15, 0.2) is 41.5 Å². The summed E-state index contributed by atoms with van der Waals surface area (Å²) in [6.45, 7) is 2.63. The van der Waals surface area contributed by atoms with E-state index in [1.165, 1.54) is 6.92 Å². The summed E-state index contributed by atoms with van der Waals surface area (Å²) in [5, 5.41) is 9.39. The molecule has 3 heterocycles. The molecule has 5 rings (SSSR count). The molecule has 1 saturated carbocycles. The van der Waals surface area contributed by atoms with Gasteiger partial charge in [0.05, 0.1) is 52.5 Å². The number of benzene rings is 1. The average molecular weight is 473 g/mol. The van der Waals surface area contributed by atoms with Crippen molar-refractivity contribution < 1.29 is 9.53 Å². The van der Waals surface area contributed by atoms with Crippen molar-refractivity contribution in [3.8, 4) is 6.07 Å². The molecule has 1 fully saturated rings. The molecular weight excluding hydrogens is 444 g/mol. The Morgan fingerprint density at radius 2 is 2.06 bits per heavy atom. The van der Waals surface area contributed by atoms with E-state index < -0.39 is 0 Å². The smallest absolute Gasteiger partial charge is 0.327 e. The summed E-state index contributed by atoms with van der Waals surface area (Å²) in [6.07, 6.45) is 9.20. The molecule has 3 aromatic heterocycles. The lowest BCUT2D eigenvalue weighted by Gasteiger charge is -2.20. The van der Waals surface area contributed by atoms with E-state index in [1.54, 1.807) is 12.4 Å². The summed E-state index contributed by atoms with van der Waals surface area (Å²) in [6, 6.07) is 9.39. The number of imidazole rings is 2. The van der Waals surface area contributed by atoms with Crippen LogP contribution in [0.25, 0.3) is 22.1 Å². The van der Waals surface area contributed by atoms with Crippen LogP contribution in [0.3, 0.4) is 0 Å². The number of nitriles is 1. The Bertz CT molecular complexity index is 1470. The molecule has 0 saturated heterocycles. The van der Waals surface area contributed by atoms with Crippen LogP contribution in [0.4, 0.5) is 0 Å². The van der Waals surface area contributed by atoms with Gasteiger partial charge in [0.1, 0.15) is 5.82 Å². The number of unbranched alkanes of at least 4 members (excludes halogenated alkanes) is 3. The molecular formula is C26H28N6O3. The number of esters is 1. The van der Waals surface area contributed by atoms with Gasteiger partial charge < -0.3 is 14.3 Å². The third-order valence-electron chi connectivity index (χ3n) is 6.62. The first-order valence-electron chi connectivity index (χ1n) is 12.1. The van der Waals surface area contributed by atoms with E-state index in [9.17, 15) is 14.9 Å². The number of hydrogen-bond acceptors (Lipinski definition) is 6. The van der Waals surface area contributed by atoms with E-state index in [0.717, 1.165) is 73.0 Å². The predicted octanol–water partition coefficient (Wildman–Crippen LogP) is 4.07. The molecule has 0 radical (unpaired) electrons. The number of rotatable bonds is 10. The molecule has 1 N–H and O–H groups in total. The monoisotopic (exact) mass is 472 g/mol. The van der Waals surface area contributed by atoms with Crippen LogP contribution in [0.1, 0.15) is 62.9 Å². The molecule has 1 aliphatic carbocycles. The number of nitrogens with one attached hydrogen (secondary N) is 1. The van der Waals surface area contributed by atoms with Gasteiger partial charge in [-0.05, 0) is 62.3 Å². The number of nitrogens with zero attached hydrogens (tertiary/aromatic N) is 5. The lowest BCUT2D eigenvalue weighted by molar-refractivity contribution is -0.141. The fraction of sp³-hybridized carbons (Fsp3) is 0.423.